The number of aliphatic hydroxyl groups is 1. The Kier molecular flexibility index (Phi) is 11.3. The van der Waals surface area contributed by atoms with Crippen LogP contribution in [-0.4, -0.2) is 60.4 Å². The Bertz CT molecular complexity index is 1130. The Morgan fingerprint density at radius 1 is 1.07 bits per heavy atom. The number of carbonyl (C=O) groups is 2. The lowest BCUT2D eigenvalue weighted by atomic mass is 9.89. The highest BCUT2D eigenvalue weighted by molar-refractivity contribution is 5.91. The van der Waals surface area contributed by atoms with Gasteiger partial charge >= 0.3 is 12.0 Å². The van der Waals surface area contributed by atoms with Gasteiger partial charge in [0.25, 0.3) is 0 Å². The third-order valence-electron chi connectivity index (χ3n) is 7.88. The molecule has 2 fully saturated rings. The molecular formula is C32H43N3O6. The number of nitrogens with zero attached hydrogens (tertiary/aromatic N) is 1. The van der Waals surface area contributed by atoms with Gasteiger partial charge in [-0.15, -0.1) is 6.58 Å². The van der Waals surface area contributed by atoms with E-state index in [2.05, 4.69) is 29.0 Å². The van der Waals surface area contributed by atoms with Gasteiger partial charge in [0.1, 0.15) is 6.54 Å². The van der Waals surface area contributed by atoms with Crippen molar-refractivity contribution in [1.29, 1.82) is 0 Å². The lowest BCUT2D eigenvalue weighted by Crippen LogP contribution is -2.47. The maximum atomic E-state index is 12.2. The van der Waals surface area contributed by atoms with Crippen molar-refractivity contribution >= 4 is 17.7 Å². The summed E-state index contributed by atoms with van der Waals surface area (Å²) in [5.74, 6) is -0.405. The van der Waals surface area contributed by atoms with Crippen molar-refractivity contribution in [3.05, 3.63) is 77.9 Å². The number of aliphatic hydroxyl groups excluding tert-OH is 1. The number of urea groups is 1. The van der Waals surface area contributed by atoms with E-state index in [1.54, 1.807) is 19.1 Å². The van der Waals surface area contributed by atoms with E-state index >= 15 is 0 Å². The molecule has 9 heteroatoms. The fourth-order valence-electron chi connectivity index (χ4n) is 5.63. The highest BCUT2D eigenvalue weighted by atomic mass is 16.7. The molecule has 1 saturated carbocycles. The summed E-state index contributed by atoms with van der Waals surface area (Å²) < 4.78 is 18.0. The van der Waals surface area contributed by atoms with Crippen molar-refractivity contribution < 1.29 is 28.9 Å². The largest absolute Gasteiger partial charge is 0.465 e. The lowest BCUT2D eigenvalue weighted by molar-refractivity contribution is -0.276. The SMILES string of the molecule is C=CCN(C[C@@H]1O[C@H](c2ccc(NC(=O)NCC(=O)OCC)cc2)O[C@H](c2ccc(CO)cc2)[C@@H]1C)C1CCCC1. The fraction of sp³-hybridized carbons (Fsp3) is 0.500. The minimum Gasteiger partial charge on any atom is -0.465 e. The van der Waals surface area contributed by atoms with Gasteiger partial charge in [-0.2, -0.15) is 0 Å². The van der Waals surface area contributed by atoms with Crippen LogP contribution in [0.2, 0.25) is 0 Å². The molecule has 4 atom stereocenters. The molecule has 0 spiro atoms. The summed E-state index contributed by atoms with van der Waals surface area (Å²) in [4.78, 5) is 26.2. The zero-order valence-electron chi connectivity index (χ0n) is 24.1. The zero-order chi connectivity index (χ0) is 29.2. The van der Waals surface area contributed by atoms with Crippen LogP contribution in [0.25, 0.3) is 0 Å². The number of anilines is 1. The highest BCUT2D eigenvalue weighted by Gasteiger charge is 2.40. The molecule has 0 aromatic heterocycles. The highest BCUT2D eigenvalue weighted by Crippen LogP contribution is 2.42. The van der Waals surface area contributed by atoms with Gasteiger partial charge in [0.2, 0.25) is 0 Å². The summed E-state index contributed by atoms with van der Waals surface area (Å²) >= 11 is 0. The first-order chi connectivity index (χ1) is 19.9. The van der Waals surface area contributed by atoms with Gasteiger partial charge in [-0.1, -0.05) is 62.2 Å². The summed E-state index contributed by atoms with van der Waals surface area (Å²) in [6, 6.07) is 15.3. The predicted octanol–water partition coefficient (Wildman–Crippen LogP) is 5.09. The van der Waals surface area contributed by atoms with Gasteiger partial charge < -0.3 is 30.0 Å². The molecule has 2 aliphatic rings. The smallest absolute Gasteiger partial charge is 0.325 e. The summed E-state index contributed by atoms with van der Waals surface area (Å²) in [5.41, 5.74) is 3.31. The Labute approximate surface area is 242 Å². The number of hydrogen-bond donors (Lipinski definition) is 3. The Morgan fingerprint density at radius 3 is 2.39 bits per heavy atom. The summed E-state index contributed by atoms with van der Waals surface area (Å²) in [6.45, 7) is 9.53. The number of nitrogens with one attached hydrogen (secondary N) is 2. The number of benzene rings is 2. The standard InChI is InChI=1S/C32H43N3O6/c1-4-18-35(27-8-6-7-9-27)20-28-22(3)30(24-12-10-23(21-36)11-13-24)41-31(40-28)25-14-16-26(17-15-25)34-32(38)33-19-29(37)39-5-2/h4,10-17,22,27-28,30-31,36H,1,5-9,18-21H2,2-3H3,(H2,33,34,38)/t22-,28+,30+,31+/m1/s1. The van der Waals surface area contributed by atoms with Crippen LogP contribution in [0.5, 0.6) is 0 Å². The van der Waals surface area contributed by atoms with Crippen LogP contribution in [-0.2, 0) is 25.6 Å². The maximum absolute atomic E-state index is 12.2. The van der Waals surface area contributed by atoms with Gasteiger partial charge in [0, 0.05) is 36.3 Å². The lowest BCUT2D eigenvalue weighted by Gasteiger charge is -2.43. The second kappa shape index (κ2) is 15.1. The second-order valence-electron chi connectivity index (χ2n) is 10.7. The van der Waals surface area contributed by atoms with E-state index in [9.17, 15) is 14.7 Å². The molecule has 0 bridgehead atoms. The molecule has 1 aliphatic carbocycles. The van der Waals surface area contributed by atoms with Gasteiger partial charge in [-0.3, -0.25) is 9.69 Å². The monoisotopic (exact) mass is 565 g/mol. The van der Waals surface area contributed by atoms with Crippen molar-refractivity contribution in [2.75, 3.05) is 31.6 Å². The zero-order valence-corrected chi connectivity index (χ0v) is 24.1. The summed E-state index contributed by atoms with van der Waals surface area (Å²) in [5, 5.41) is 14.7. The molecule has 222 valence electrons. The molecule has 1 aliphatic heterocycles. The molecule has 1 saturated heterocycles. The number of hydrogen-bond acceptors (Lipinski definition) is 7. The van der Waals surface area contributed by atoms with Crippen molar-refractivity contribution in [3.8, 4) is 0 Å². The van der Waals surface area contributed by atoms with Gasteiger partial charge in [-0.05, 0) is 43.0 Å². The first-order valence-electron chi connectivity index (χ1n) is 14.6. The van der Waals surface area contributed by atoms with Crippen LogP contribution in [0.3, 0.4) is 0 Å². The number of amides is 2. The Morgan fingerprint density at radius 2 is 1.76 bits per heavy atom. The minimum atomic E-state index is -0.598. The minimum absolute atomic E-state index is 0.00511. The Hall–Kier alpha value is -3.24. The molecule has 2 amide bonds. The van der Waals surface area contributed by atoms with Crippen LogP contribution >= 0.6 is 0 Å². The van der Waals surface area contributed by atoms with Gasteiger partial charge in [0.15, 0.2) is 6.29 Å². The van der Waals surface area contributed by atoms with Crippen LogP contribution in [0.1, 0.15) is 68.6 Å². The average molecular weight is 566 g/mol. The van der Waals surface area contributed by atoms with E-state index in [4.69, 9.17) is 14.2 Å². The fourth-order valence-corrected chi connectivity index (χ4v) is 5.63. The average Bonchev–Trinajstić information content (AvgIpc) is 3.53. The topological polar surface area (TPSA) is 109 Å². The first kappa shape index (κ1) is 30.7. The summed E-state index contributed by atoms with van der Waals surface area (Å²) in [7, 11) is 0. The van der Waals surface area contributed by atoms with Crippen molar-refractivity contribution in [1.82, 2.24) is 10.2 Å². The number of carbonyl (C=O) groups excluding carboxylic acids is 2. The Balaban J connectivity index is 1.50. The van der Waals surface area contributed by atoms with E-state index in [-0.39, 0.29) is 37.9 Å². The van der Waals surface area contributed by atoms with Crippen molar-refractivity contribution in [2.45, 2.75) is 70.7 Å². The van der Waals surface area contributed by atoms with Crippen LogP contribution in [0.4, 0.5) is 10.5 Å². The molecule has 0 radical (unpaired) electrons. The molecule has 2 aromatic carbocycles. The molecule has 2 aromatic rings. The molecule has 3 N–H and O–H groups in total. The maximum Gasteiger partial charge on any atom is 0.325 e. The third kappa shape index (κ3) is 8.39. The number of esters is 1. The quantitative estimate of drug-likeness (QED) is 0.243. The van der Waals surface area contributed by atoms with Crippen molar-refractivity contribution in [2.24, 2.45) is 5.92 Å². The van der Waals surface area contributed by atoms with Crippen molar-refractivity contribution in [3.63, 3.8) is 0 Å². The van der Waals surface area contributed by atoms with E-state index in [0.29, 0.717) is 11.7 Å². The second-order valence-corrected chi connectivity index (χ2v) is 10.7. The van der Waals surface area contributed by atoms with Gasteiger partial charge in [-0.25, -0.2) is 4.79 Å². The van der Waals surface area contributed by atoms with Crippen LogP contribution in [0.15, 0.2) is 61.2 Å². The summed E-state index contributed by atoms with van der Waals surface area (Å²) in [6.07, 6.45) is 6.00. The van der Waals surface area contributed by atoms with E-state index < -0.39 is 18.3 Å². The van der Waals surface area contributed by atoms with E-state index in [1.807, 2.05) is 42.5 Å². The van der Waals surface area contributed by atoms with Crippen LogP contribution in [0, 0.1) is 5.92 Å². The number of rotatable bonds is 12. The third-order valence-corrected chi connectivity index (χ3v) is 7.88. The molecule has 9 nitrogen and oxygen atoms in total. The first-order valence-corrected chi connectivity index (χ1v) is 14.6. The van der Waals surface area contributed by atoms with E-state index in [1.165, 1.54) is 25.7 Å². The molecular weight excluding hydrogens is 522 g/mol. The van der Waals surface area contributed by atoms with Gasteiger partial charge in [0.05, 0.1) is 25.4 Å². The van der Waals surface area contributed by atoms with E-state index in [0.717, 1.165) is 29.8 Å². The predicted molar refractivity (Wildman–Crippen MR) is 157 cm³/mol. The molecule has 1 heterocycles. The number of ether oxygens (including phenoxy) is 3. The van der Waals surface area contributed by atoms with Crippen LogP contribution < -0.4 is 10.6 Å². The molecule has 4 rings (SSSR count). The molecule has 0 unspecified atom stereocenters. The normalized spacial score (nSPS) is 22.8. The molecule has 41 heavy (non-hydrogen) atoms.